The molecule has 0 bridgehead atoms. The summed E-state index contributed by atoms with van der Waals surface area (Å²) >= 11 is 10.6. The zero-order valence-corrected chi connectivity index (χ0v) is 7.45. The molecule has 4 heteroatoms. The predicted octanol–water partition coefficient (Wildman–Crippen LogP) is 2.30. The van der Waals surface area contributed by atoms with E-state index in [1.807, 2.05) is 6.92 Å². The molecule has 0 aliphatic rings. The molecule has 0 aromatic rings. The van der Waals surface area contributed by atoms with Gasteiger partial charge in [0.2, 0.25) is 0 Å². The molecule has 0 fully saturated rings. The standard InChI is InChI=1S/C6H11Cl2NO/c1-2-9(6(8)10)5-3-4-7/h2-5H2,1H3. The minimum atomic E-state index is -0.396. The van der Waals surface area contributed by atoms with Gasteiger partial charge in [-0.1, -0.05) is 0 Å². The first-order valence-electron chi connectivity index (χ1n) is 3.22. The Morgan fingerprint density at radius 2 is 2.20 bits per heavy atom. The summed E-state index contributed by atoms with van der Waals surface area (Å²) in [6, 6.07) is 0. The van der Waals surface area contributed by atoms with Crippen molar-refractivity contribution < 1.29 is 4.79 Å². The monoisotopic (exact) mass is 183 g/mol. The Kier molecular flexibility index (Phi) is 5.84. The van der Waals surface area contributed by atoms with Crippen LogP contribution in [0.3, 0.4) is 0 Å². The van der Waals surface area contributed by atoms with Crippen LogP contribution in [0.25, 0.3) is 0 Å². The second kappa shape index (κ2) is 5.81. The van der Waals surface area contributed by atoms with Crippen LogP contribution in [-0.4, -0.2) is 29.2 Å². The number of carbonyl (C=O) groups is 1. The van der Waals surface area contributed by atoms with Crippen LogP contribution in [0.5, 0.6) is 0 Å². The second-order valence-corrected chi connectivity index (χ2v) is 2.58. The van der Waals surface area contributed by atoms with Gasteiger partial charge in [0.15, 0.2) is 0 Å². The lowest BCUT2D eigenvalue weighted by Crippen LogP contribution is -2.27. The average Bonchev–Trinajstić information content (AvgIpc) is 1.89. The molecule has 1 amide bonds. The van der Waals surface area contributed by atoms with E-state index in [0.29, 0.717) is 19.0 Å². The van der Waals surface area contributed by atoms with Crippen molar-refractivity contribution >= 4 is 28.6 Å². The molecule has 0 aromatic heterocycles. The maximum absolute atomic E-state index is 10.5. The molecule has 0 saturated carbocycles. The normalized spacial score (nSPS) is 9.50. The van der Waals surface area contributed by atoms with Gasteiger partial charge in [0.1, 0.15) is 0 Å². The number of rotatable bonds is 4. The van der Waals surface area contributed by atoms with E-state index in [9.17, 15) is 4.79 Å². The number of halogens is 2. The molecule has 2 nitrogen and oxygen atoms in total. The summed E-state index contributed by atoms with van der Waals surface area (Å²) in [4.78, 5) is 12.1. The van der Waals surface area contributed by atoms with Crippen molar-refractivity contribution in [2.75, 3.05) is 19.0 Å². The van der Waals surface area contributed by atoms with Crippen LogP contribution >= 0.6 is 23.2 Å². The summed E-state index contributed by atoms with van der Waals surface area (Å²) in [5.74, 6) is 0.570. The average molecular weight is 184 g/mol. The summed E-state index contributed by atoms with van der Waals surface area (Å²) in [5.41, 5.74) is 0. The third-order valence-electron chi connectivity index (χ3n) is 1.19. The fourth-order valence-electron chi connectivity index (χ4n) is 0.621. The van der Waals surface area contributed by atoms with Crippen LogP contribution in [0.1, 0.15) is 13.3 Å². The van der Waals surface area contributed by atoms with Crippen LogP contribution in [-0.2, 0) is 0 Å². The van der Waals surface area contributed by atoms with Crippen molar-refractivity contribution in [3.8, 4) is 0 Å². The first-order chi connectivity index (χ1) is 4.72. The number of alkyl halides is 1. The molecule has 0 atom stereocenters. The van der Waals surface area contributed by atoms with Crippen LogP contribution < -0.4 is 0 Å². The maximum Gasteiger partial charge on any atom is 0.316 e. The molecule has 0 saturated heterocycles. The number of amides is 1. The minimum absolute atomic E-state index is 0.396. The maximum atomic E-state index is 10.5. The van der Waals surface area contributed by atoms with Crippen LogP contribution in [0.15, 0.2) is 0 Å². The number of nitrogens with zero attached hydrogens (tertiary/aromatic N) is 1. The lowest BCUT2D eigenvalue weighted by molar-refractivity contribution is 0.224. The van der Waals surface area contributed by atoms with Gasteiger partial charge in [0.05, 0.1) is 0 Å². The van der Waals surface area contributed by atoms with Crippen molar-refractivity contribution in [2.45, 2.75) is 13.3 Å². The van der Waals surface area contributed by atoms with Gasteiger partial charge in [-0.15, -0.1) is 11.6 Å². The summed E-state index contributed by atoms with van der Waals surface area (Å²) < 4.78 is 0. The number of hydrogen-bond acceptors (Lipinski definition) is 1. The van der Waals surface area contributed by atoms with Crippen molar-refractivity contribution in [2.24, 2.45) is 0 Å². The van der Waals surface area contributed by atoms with Gasteiger partial charge >= 0.3 is 5.37 Å². The summed E-state index contributed by atoms with van der Waals surface area (Å²) in [6.07, 6.45) is 0.799. The van der Waals surface area contributed by atoms with E-state index in [-0.39, 0.29) is 0 Å². The van der Waals surface area contributed by atoms with Gasteiger partial charge in [-0.3, -0.25) is 4.79 Å². The molecule has 0 unspecified atom stereocenters. The van der Waals surface area contributed by atoms with Crippen LogP contribution in [0.2, 0.25) is 0 Å². The van der Waals surface area contributed by atoms with E-state index in [0.717, 1.165) is 6.42 Å². The van der Waals surface area contributed by atoms with E-state index in [1.54, 1.807) is 4.90 Å². The Bertz CT molecular complexity index is 108. The molecule has 0 rings (SSSR count). The molecule has 0 aliphatic carbocycles. The first-order valence-corrected chi connectivity index (χ1v) is 4.14. The summed E-state index contributed by atoms with van der Waals surface area (Å²) in [7, 11) is 0. The van der Waals surface area contributed by atoms with Crippen molar-refractivity contribution in [1.29, 1.82) is 0 Å². The molecular formula is C6H11Cl2NO. The first kappa shape index (κ1) is 10.0. The van der Waals surface area contributed by atoms with Crippen molar-refractivity contribution in [3.05, 3.63) is 0 Å². The molecule has 0 heterocycles. The SMILES string of the molecule is CCN(CCCCl)C(=O)Cl. The Balaban J connectivity index is 3.50. The fraction of sp³-hybridized carbons (Fsp3) is 0.833. The third-order valence-corrected chi connectivity index (χ3v) is 1.70. The predicted molar refractivity (Wildman–Crippen MR) is 43.8 cm³/mol. The molecule has 0 radical (unpaired) electrons. The molecule has 0 aliphatic heterocycles. The Labute approximate surface area is 71.1 Å². The highest BCUT2D eigenvalue weighted by Crippen LogP contribution is 1.98. The van der Waals surface area contributed by atoms with E-state index in [1.165, 1.54) is 0 Å². The third kappa shape index (κ3) is 3.96. The largest absolute Gasteiger partial charge is 0.329 e. The highest BCUT2D eigenvalue weighted by molar-refractivity contribution is 6.62. The van der Waals surface area contributed by atoms with Gasteiger partial charge in [-0.25, -0.2) is 0 Å². The van der Waals surface area contributed by atoms with Crippen LogP contribution in [0.4, 0.5) is 4.79 Å². The smallest absolute Gasteiger partial charge is 0.316 e. The topological polar surface area (TPSA) is 20.3 Å². The fourth-order valence-corrected chi connectivity index (χ4v) is 0.945. The quantitative estimate of drug-likeness (QED) is 0.373. The van der Waals surface area contributed by atoms with Gasteiger partial charge < -0.3 is 4.90 Å². The van der Waals surface area contributed by atoms with Crippen LogP contribution in [0, 0.1) is 0 Å². The van der Waals surface area contributed by atoms with Crippen molar-refractivity contribution in [1.82, 2.24) is 4.90 Å². The molecule has 0 spiro atoms. The molecular weight excluding hydrogens is 173 g/mol. The Hall–Kier alpha value is 0.0500. The molecule has 10 heavy (non-hydrogen) atoms. The van der Waals surface area contributed by atoms with E-state index in [4.69, 9.17) is 23.2 Å². The minimum Gasteiger partial charge on any atom is -0.329 e. The lowest BCUT2D eigenvalue weighted by Gasteiger charge is -2.15. The number of hydrogen-bond donors (Lipinski definition) is 0. The zero-order valence-electron chi connectivity index (χ0n) is 5.94. The zero-order chi connectivity index (χ0) is 7.98. The van der Waals surface area contributed by atoms with Crippen molar-refractivity contribution in [3.63, 3.8) is 0 Å². The molecule has 0 N–H and O–H groups in total. The van der Waals surface area contributed by atoms with E-state index < -0.39 is 5.37 Å². The second-order valence-electron chi connectivity index (χ2n) is 1.88. The Morgan fingerprint density at radius 1 is 1.60 bits per heavy atom. The Morgan fingerprint density at radius 3 is 2.50 bits per heavy atom. The summed E-state index contributed by atoms with van der Waals surface area (Å²) in [6.45, 7) is 3.19. The lowest BCUT2D eigenvalue weighted by atomic mass is 10.4. The summed E-state index contributed by atoms with van der Waals surface area (Å²) in [5, 5.41) is -0.396. The molecule has 60 valence electrons. The molecule has 0 aromatic carbocycles. The van der Waals surface area contributed by atoms with Gasteiger partial charge in [-0.05, 0) is 24.9 Å². The van der Waals surface area contributed by atoms with Gasteiger partial charge in [0, 0.05) is 19.0 Å². The highest BCUT2D eigenvalue weighted by Gasteiger charge is 2.05. The van der Waals surface area contributed by atoms with Gasteiger partial charge in [0.25, 0.3) is 0 Å². The highest BCUT2D eigenvalue weighted by atomic mass is 35.5. The number of carbonyl (C=O) groups excluding carboxylic acids is 1. The van der Waals surface area contributed by atoms with E-state index >= 15 is 0 Å². The van der Waals surface area contributed by atoms with Gasteiger partial charge in [-0.2, -0.15) is 0 Å². The van der Waals surface area contributed by atoms with E-state index in [2.05, 4.69) is 0 Å².